The molecule has 0 aliphatic carbocycles. The molecule has 3 fully saturated rings. The van der Waals surface area contributed by atoms with Gasteiger partial charge in [-0.15, -0.1) is 0 Å². The first-order chi connectivity index (χ1) is 24.1. The summed E-state index contributed by atoms with van der Waals surface area (Å²) < 4.78 is 17.5. The van der Waals surface area contributed by atoms with Gasteiger partial charge in [0.2, 0.25) is 5.91 Å². The van der Waals surface area contributed by atoms with Crippen LogP contribution in [-0.2, 0) is 14.4 Å². The maximum Gasteiger partial charge on any atom is 0.247 e. The third-order valence-corrected chi connectivity index (χ3v) is 9.09. The van der Waals surface area contributed by atoms with Gasteiger partial charge in [-0.3, -0.25) is 14.5 Å². The molecule has 7 rings (SSSR count). The lowest BCUT2D eigenvalue weighted by Crippen LogP contribution is -2.44. The van der Waals surface area contributed by atoms with E-state index in [0.29, 0.717) is 41.4 Å². The number of nitrogens with one attached hydrogen (secondary N) is 2. The van der Waals surface area contributed by atoms with E-state index in [9.17, 15) is 4.79 Å². The average Bonchev–Trinajstić information content (AvgIpc) is 3.84. The van der Waals surface area contributed by atoms with E-state index in [0.717, 1.165) is 75.0 Å². The molecule has 0 saturated carbocycles. The molecule has 0 unspecified atom stereocenters. The summed E-state index contributed by atoms with van der Waals surface area (Å²) in [6.45, 7) is 9.31. The third-order valence-electron chi connectivity index (χ3n) is 9.09. The van der Waals surface area contributed by atoms with Crippen LogP contribution < -0.4 is 30.1 Å². The fraction of sp³-hybridized carbons (Fsp3) is 0.324. The number of rotatable bonds is 11. The van der Waals surface area contributed by atoms with E-state index >= 15 is 0 Å². The monoisotopic (exact) mass is 663 g/mol. The lowest BCUT2D eigenvalue weighted by molar-refractivity contribution is -0.111. The van der Waals surface area contributed by atoms with Crippen molar-refractivity contribution >= 4 is 34.6 Å². The average molecular weight is 664 g/mol. The van der Waals surface area contributed by atoms with Crippen molar-refractivity contribution in [3.63, 3.8) is 0 Å². The summed E-state index contributed by atoms with van der Waals surface area (Å²) in [4.78, 5) is 32.5. The number of aromatic nitrogens is 2. The Bertz CT molecular complexity index is 1770. The van der Waals surface area contributed by atoms with Crippen molar-refractivity contribution < 1.29 is 23.8 Å². The summed E-state index contributed by atoms with van der Waals surface area (Å²) in [5.74, 6) is 3.01. The van der Waals surface area contributed by atoms with Crippen molar-refractivity contribution in [2.24, 2.45) is 0 Å². The van der Waals surface area contributed by atoms with Crippen LogP contribution in [0.15, 0.2) is 91.8 Å². The summed E-state index contributed by atoms with van der Waals surface area (Å²) >= 11 is 0. The predicted molar refractivity (Wildman–Crippen MR) is 189 cm³/mol. The molecule has 0 radical (unpaired) electrons. The first-order valence-corrected chi connectivity index (χ1v) is 16.6. The number of carbonyl (C=O) groups excluding carboxylic acids is 1. The van der Waals surface area contributed by atoms with Crippen LogP contribution in [-0.4, -0.2) is 79.9 Å². The second kappa shape index (κ2) is 14.9. The molecule has 254 valence electrons. The molecule has 3 aliphatic heterocycles. The van der Waals surface area contributed by atoms with Gasteiger partial charge in [-0.2, -0.15) is 0 Å². The molecule has 0 bridgehead atoms. The minimum Gasteiger partial charge on any atom is -0.494 e. The molecule has 12 heteroatoms. The number of anilines is 5. The Morgan fingerprint density at radius 3 is 2.59 bits per heavy atom. The minimum atomic E-state index is -0.291. The van der Waals surface area contributed by atoms with E-state index in [1.807, 2.05) is 71.8 Å². The number of para-hydroxylation sites is 1. The molecule has 1 aromatic heterocycles. The van der Waals surface area contributed by atoms with E-state index in [-0.39, 0.29) is 11.9 Å². The Labute approximate surface area is 286 Å². The summed E-state index contributed by atoms with van der Waals surface area (Å²) in [7, 11) is 1.64. The number of benzene rings is 3. The van der Waals surface area contributed by atoms with Crippen molar-refractivity contribution in [1.29, 1.82) is 0 Å². The van der Waals surface area contributed by atoms with Gasteiger partial charge < -0.3 is 29.7 Å². The fourth-order valence-corrected chi connectivity index (χ4v) is 6.66. The highest BCUT2D eigenvalue weighted by molar-refractivity contribution is 6.02. The minimum absolute atomic E-state index is 0.0710. The highest BCUT2D eigenvalue weighted by Gasteiger charge is 2.32. The van der Waals surface area contributed by atoms with Gasteiger partial charge in [-0.25, -0.2) is 15.0 Å². The number of methoxy groups -OCH3 is 1. The highest BCUT2D eigenvalue weighted by Crippen LogP contribution is 2.41. The molecular formula is C37H41N7O5. The fourth-order valence-electron chi connectivity index (χ4n) is 6.66. The molecule has 2 atom stereocenters. The van der Waals surface area contributed by atoms with E-state index in [1.54, 1.807) is 7.11 Å². The Morgan fingerprint density at radius 1 is 0.939 bits per heavy atom. The zero-order chi connectivity index (χ0) is 33.6. The van der Waals surface area contributed by atoms with Crippen molar-refractivity contribution in [3.8, 4) is 17.2 Å². The normalized spacial score (nSPS) is 19.4. The summed E-state index contributed by atoms with van der Waals surface area (Å²) in [6, 6.07) is 23.8. The first kappa shape index (κ1) is 32.4. The van der Waals surface area contributed by atoms with Gasteiger partial charge in [0.15, 0.2) is 5.82 Å². The van der Waals surface area contributed by atoms with Crippen LogP contribution in [0.2, 0.25) is 0 Å². The van der Waals surface area contributed by atoms with E-state index in [4.69, 9.17) is 19.0 Å². The second-order valence-corrected chi connectivity index (χ2v) is 12.1. The van der Waals surface area contributed by atoms with Gasteiger partial charge in [0.05, 0.1) is 50.0 Å². The molecule has 0 spiro atoms. The van der Waals surface area contributed by atoms with Crippen molar-refractivity contribution in [1.82, 2.24) is 14.9 Å². The van der Waals surface area contributed by atoms with E-state index in [2.05, 4.69) is 43.0 Å². The maximum absolute atomic E-state index is 12.6. The lowest BCUT2D eigenvalue weighted by Gasteiger charge is -2.32. The lowest BCUT2D eigenvalue weighted by atomic mass is 10.0. The Balaban J connectivity index is 1.12. The van der Waals surface area contributed by atoms with Crippen LogP contribution in [0.1, 0.15) is 24.4 Å². The standard InChI is InChI=1S/C37H41N7O5/c1-3-37(45)41-30-21-31(34(46-2)22-33(30)43-14-12-27(24-43)42-15-18-47-19-16-42)40-35-23-36(39-25-38-35)44-32(13-17-48-44)26-8-7-11-29(20-26)49-28-9-5-4-6-10-28/h3-11,20-23,25,27,32H,1,12-19,24H2,2H3,(H,41,45)(H,38,39,40)/t27-,32-/m1/s1. The molecular weight excluding hydrogens is 622 g/mol. The van der Waals surface area contributed by atoms with Gasteiger partial charge in [0.25, 0.3) is 0 Å². The Kier molecular flexibility index (Phi) is 9.87. The number of carbonyl (C=O) groups is 1. The topological polar surface area (TPSA) is 114 Å². The maximum atomic E-state index is 12.6. The van der Waals surface area contributed by atoms with Crippen molar-refractivity contribution in [3.05, 3.63) is 97.3 Å². The molecule has 4 aromatic rings. The van der Waals surface area contributed by atoms with Gasteiger partial charge in [0, 0.05) is 50.8 Å². The molecule has 49 heavy (non-hydrogen) atoms. The number of ether oxygens (including phenoxy) is 3. The molecule has 3 aromatic carbocycles. The molecule has 4 heterocycles. The molecule has 2 N–H and O–H groups in total. The summed E-state index contributed by atoms with van der Waals surface area (Å²) in [6.07, 6.45) is 4.59. The number of hydrogen-bond donors (Lipinski definition) is 2. The largest absolute Gasteiger partial charge is 0.494 e. The Morgan fingerprint density at radius 2 is 1.78 bits per heavy atom. The van der Waals surface area contributed by atoms with Gasteiger partial charge in [0.1, 0.15) is 29.4 Å². The third kappa shape index (κ3) is 7.46. The quantitative estimate of drug-likeness (QED) is 0.186. The smallest absolute Gasteiger partial charge is 0.247 e. The molecule has 3 aliphatic rings. The van der Waals surface area contributed by atoms with Gasteiger partial charge >= 0.3 is 0 Å². The SMILES string of the molecule is C=CC(=O)Nc1cc(Nc2cc(N3OCC[C@@H]3c3cccc(Oc4ccccc4)c3)ncn2)c(OC)cc1N1CC[C@@H](N2CCOCC2)C1. The number of hydroxylamine groups is 1. The molecule has 3 saturated heterocycles. The Hall–Kier alpha value is -5.17. The van der Waals surface area contributed by atoms with E-state index in [1.165, 1.54) is 12.4 Å². The molecule has 1 amide bonds. The van der Waals surface area contributed by atoms with Crippen LogP contribution in [0, 0.1) is 0 Å². The van der Waals surface area contributed by atoms with Crippen LogP contribution in [0.4, 0.5) is 28.7 Å². The zero-order valence-corrected chi connectivity index (χ0v) is 27.6. The summed E-state index contributed by atoms with van der Waals surface area (Å²) in [5.41, 5.74) is 3.25. The highest BCUT2D eigenvalue weighted by atomic mass is 16.7. The number of nitrogens with zero attached hydrogens (tertiary/aromatic N) is 5. The first-order valence-electron chi connectivity index (χ1n) is 16.6. The van der Waals surface area contributed by atoms with Crippen molar-refractivity contribution in [2.75, 3.05) is 73.7 Å². The number of morpholine rings is 1. The number of amides is 1. The number of hydrogen-bond acceptors (Lipinski definition) is 11. The van der Waals surface area contributed by atoms with Crippen LogP contribution >= 0.6 is 0 Å². The van der Waals surface area contributed by atoms with E-state index < -0.39 is 0 Å². The molecule has 12 nitrogen and oxygen atoms in total. The summed E-state index contributed by atoms with van der Waals surface area (Å²) in [5, 5.41) is 8.22. The zero-order valence-electron chi connectivity index (χ0n) is 27.6. The predicted octanol–water partition coefficient (Wildman–Crippen LogP) is 5.94. The van der Waals surface area contributed by atoms with Crippen LogP contribution in [0.25, 0.3) is 0 Å². The van der Waals surface area contributed by atoms with Gasteiger partial charge in [-0.1, -0.05) is 36.9 Å². The van der Waals surface area contributed by atoms with Crippen molar-refractivity contribution in [2.45, 2.75) is 24.9 Å². The van der Waals surface area contributed by atoms with Gasteiger partial charge in [-0.05, 0) is 48.4 Å². The van der Waals surface area contributed by atoms with Crippen LogP contribution in [0.5, 0.6) is 17.2 Å². The van der Waals surface area contributed by atoms with Crippen LogP contribution in [0.3, 0.4) is 0 Å². The second-order valence-electron chi connectivity index (χ2n) is 12.1.